The second-order valence-corrected chi connectivity index (χ2v) is 8.04. The van der Waals surface area contributed by atoms with E-state index >= 15 is 0 Å². The molecule has 18 heavy (non-hydrogen) atoms. The molecule has 0 radical (unpaired) electrons. The van der Waals surface area contributed by atoms with Gasteiger partial charge < -0.3 is 5.32 Å². The Morgan fingerprint density at radius 3 is 2.50 bits per heavy atom. The van der Waals surface area contributed by atoms with Crippen LogP contribution in [0.1, 0.15) is 40.5 Å². The summed E-state index contributed by atoms with van der Waals surface area (Å²) in [4.78, 5) is 2.35. The Bertz CT molecular complexity index is 356. The van der Waals surface area contributed by atoms with Crippen molar-refractivity contribution in [3.63, 3.8) is 0 Å². The fourth-order valence-corrected chi connectivity index (χ4v) is 3.23. The normalized spacial score (nSPS) is 30.6. The number of nitrogens with zero attached hydrogens (tertiary/aromatic N) is 1. The second-order valence-electron chi connectivity index (χ2n) is 5.56. The predicted octanol–water partition coefficient (Wildman–Crippen LogP) is 1.27. The molecule has 1 heterocycles. The van der Waals surface area contributed by atoms with E-state index in [1.165, 1.54) is 0 Å². The Kier molecular flexibility index (Phi) is 5.62. The summed E-state index contributed by atoms with van der Waals surface area (Å²) in [5, 5.41) is 3.60. The first-order valence-electron chi connectivity index (χ1n) is 7.05. The molecule has 0 saturated carbocycles. The zero-order chi connectivity index (χ0) is 13.8. The molecule has 0 aliphatic carbocycles. The van der Waals surface area contributed by atoms with Crippen LogP contribution < -0.4 is 5.32 Å². The van der Waals surface area contributed by atoms with E-state index in [-0.39, 0.29) is 11.3 Å². The summed E-state index contributed by atoms with van der Waals surface area (Å²) in [5.74, 6) is 0.542. The highest BCUT2D eigenvalue weighted by Gasteiger charge is 2.33. The SMILES string of the molecule is CCC1CNC(C)(CC)CN1CCS(=O)(=O)CC. The van der Waals surface area contributed by atoms with Crippen LogP contribution in [0.25, 0.3) is 0 Å². The molecule has 1 aliphatic rings. The third-order valence-corrected chi connectivity index (χ3v) is 5.90. The van der Waals surface area contributed by atoms with Gasteiger partial charge in [-0.25, -0.2) is 8.42 Å². The summed E-state index contributed by atoms with van der Waals surface area (Å²) < 4.78 is 23.3. The third kappa shape index (κ3) is 4.21. The van der Waals surface area contributed by atoms with E-state index in [2.05, 4.69) is 31.0 Å². The largest absolute Gasteiger partial charge is 0.309 e. The number of hydrogen-bond donors (Lipinski definition) is 1. The van der Waals surface area contributed by atoms with Crippen LogP contribution in [0.2, 0.25) is 0 Å². The topological polar surface area (TPSA) is 49.4 Å². The summed E-state index contributed by atoms with van der Waals surface area (Å²) in [6.07, 6.45) is 2.14. The Labute approximate surface area is 112 Å². The molecule has 0 aromatic heterocycles. The first kappa shape index (κ1) is 15.9. The minimum Gasteiger partial charge on any atom is -0.309 e. The Morgan fingerprint density at radius 1 is 1.33 bits per heavy atom. The molecule has 1 aliphatic heterocycles. The van der Waals surface area contributed by atoms with Gasteiger partial charge in [-0.15, -0.1) is 0 Å². The van der Waals surface area contributed by atoms with Crippen LogP contribution in [0, 0.1) is 0 Å². The van der Waals surface area contributed by atoms with E-state index in [1.807, 2.05) is 0 Å². The van der Waals surface area contributed by atoms with Gasteiger partial charge in [0, 0.05) is 37.0 Å². The van der Waals surface area contributed by atoms with Crippen molar-refractivity contribution >= 4 is 9.84 Å². The molecule has 2 unspecified atom stereocenters. The summed E-state index contributed by atoms with van der Waals surface area (Å²) in [6.45, 7) is 10.9. The lowest BCUT2D eigenvalue weighted by Crippen LogP contribution is -2.63. The van der Waals surface area contributed by atoms with Gasteiger partial charge in [-0.05, 0) is 19.8 Å². The van der Waals surface area contributed by atoms with Gasteiger partial charge in [0.25, 0.3) is 0 Å². The number of nitrogens with one attached hydrogen (secondary N) is 1. The predicted molar refractivity (Wildman–Crippen MR) is 76.7 cm³/mol. The van der Waals surface area contributed by atoms with Crippen LogP contribution >= 0.6 is 0 Å². The van der Waals surface area contributed by atoms with E-state index in [1.54, 1.807) is 6.92 Å². The maximum Gasteiger partial charge on any atom is 0.151 e. The van der Waals surface area contributed by atoms with E-state index in [0.29, 0.717) is 18.3 Å². The van der Waals surface area contributed by atoms with Crippen LogP contribution in [0.5, 0.6) is 0 Å². The second kappa shape index (κ2) is 6.35. The highest BCUT2D eigenvalue weighted by molar-refractivity contribution is 7.91. The highest BCUT2D eigenvalue weighted by atomic mass is 32.2. The average Bonchev–Trinajstić information content (AvgIpc) is 2.37. The van der Waals surface area contributed by atoms with Gasteiger partial charge in [0.15, 0.2) is 9.84 Å². The first-order chi connectivity index (χ1) is 8.36. The van der Waals surface area contributed by atoms with Crippen molar-refractivity contribution in [2.24, 2.45) is 0 Å². The number of piperazine rings is 1. The molecule has 4 nitrogen and oxygen atoms in total. The van der Waals surface area contributed by atoms with Crippen LogP contribution in [0.3, 0.4) is 0 Å². The molecule has 1 N–H and O–H groups in total. The first-order valence-corrected chi connectivity index (χ1v) is 8.87. The molecule has 0 bridgehead atoms. The van der Waals surface area contributed by atoms with Gasteiger partial charge in [0.1, 0.15) is 0 Å². The highest BCUT2D eigenvalue weighted by Crippen LogP contribution is 2.20. The quantitative estimate of drug-likeness (QED) is 0.794. The lowest BCUT2D eigenvalue weighted by Gasteiger charge is -2.46. The minimum atomic E-state index is -2.86. The summed E-state index contributed by atoms with van der Waals surface area (Å²) >= 11 is 0. The van der Waals surface area contributed by atoms with E-state index < -0.39 is 9.84 Å². The molecule has 108 valence electrons. The van der Waals surface area contributed by atoms with Crippen LogP contribution in [-0.4, -0.2) is 56.0 Å². The maximum atomic E-state index is 11.6. The average molecular weight is 276 g/mol. The van der Waals surface area contributed by atoms with Gasteiger partial charge in [0.05, 0.1) is 5.75 Å². The summed E-state index contributed by atoms with van der Waals surface area (Å²) in [7, 11) is -2.86. The van der Waals surface area contributed by atoms with Gasteiger partial charge in [-0.2, -0.15) is 0 Å². The molecule has 0 amide bonds. The molecule has 1 fully saturated rings. The van der Waals surface area contributed by atoms with Crippen molar-refractivity contribution in [3.05, 3.63) is 0 Å². The lowest BCUT2D eigenvalue weighted by atomic mass is 9.93. The monoisotopic (exact) mass is 276 g/mol. The molecule has 0 spiro atoms. The molecule has 1 rings (SSSR count). The van der Waals surface area contributed by atoms with Crippen molar-refractivity contribution in [2.75, 3.05) is 31.1 Å². The van der Waals surface area contributed by atoms with Gasteiger partial charge in [-0.1, -0.05) is 20.8 Å². The van der Waals surface area contributed by atoms with E-state index in [9.17, 15) is 8.42 Å². The molecule has 0 aromatic carbocycles. The molecule has 2 atom stereocenters. The number of sulfone groups is 1. The summed E-state index contributed by atoms with van der Waals surface area (Å²) in [5.41, 5.74) is 0.127. The number of rotatable bonds is 6. The van der Waals surface area contributed by atoms with Crippen molar-refractivity contribution in [1.82, 2.24) is 10.2 Å². The smallest absolute Gasteiger partial charge is 0.151 e. The lowest BCUT2D eigenvalue weighted by molar-refractivity contribution is 0.0880. The Hall–Kier alpha value is -0.130. The number of hydrogen-bond acceptors (Lipinski definition) is 4. The van der Waals surface area contributed by atoms with Crippen molar-refractivity contribution in [2.45, 2.75) is 52.1 Å². The van der Waals surface area contributed by atoms with E-state index in [0.717, 1.165) is 25.9 Å². The van der Waals surface area contributed by atoms with Crippen LogP contribution in [0.4, 0.5) is 0 Å². The zero-order valence-electron chi connectivity index (χ0n) is 12.2. The van der Waals surface area contributed by atoms with Gasteiger partial charge in [-0.3, -0.25) is 4.90 Å². The zero-order valence-corrected chi connectivity index (χ0v) is 13.0. The fraction of sp³-hybridized carbons (Fsp3) is 1.00. The maximum absolute atomic E-state index is 11.6. The minimum absolute atomic E-state index is 0.127. The van der Waals surface area contributed by atoms with Crippen molar-refractivity contribution < 1.29 is 8.42 Å². The third-order valence-electron chi connectivity index (χ3n) is 4.21. The summed E-state index contributed by atoms with van der Waals surface area (Å²) in [6, 6.07) is 0.469. The van der Waals surface area contributed by atoms with Gasteiger partial charge >= 0.3 is 0 Å². The standard InChI is InChI=1S/C13H28N2O2S/c1-5-12-10-14-13(4,6-2)11-15(12)8-9-18(16,17)7-3/h12,14H,5-11H2,1-4H3. The molecular formula is C13H28N2O2S. The molecule has 0 aromatic rings. The van der Waals surface area contributed by atoms with Gasteiger partial charge in [0.2, 0.25) is 0 Å². The molecule has 1 saturated heterocycles. The molecule has 5 heteroatoms. The molecular weight excluding hydrogens is 248 g/mol. The van der Waals surface area contributed by atoms with Crippen molar-refractivity contribution in [3.8, 4) is 0 Å². The van der Waals surface area contributed by atoms with E-state index in [4.69, 9.17) is 0 Å². The Balaban J connectivity index is 2.64. The Morgan fingerprint density at radius 2 is 2.00 bits per heavy atom. The van der Waals surface area contributed by atoms with Crippen molar-refractivity contribution in [1.29, 1.82) is 0 Å². The van der Waals surface area contributed by atoms with Crippen LogP contribution in [0.15, 0.2) is 0 Å². The fourth-order valence-electron chi connectivity index (χ4n) is 2.43. The van der Waals surface area contributed by atoms with Crippen LogP contribution in [-0.2, 0) is 9.84 Å².